The Kier molecular flexibility index (Phi) is 5.22. The highest BCUT2D eigenvalue weighted by Gasteiger charge is 2.10. The first-order valence-electron chi connectivity index (χ1n) is 8.21. The van der Waals surface area contributed by atoms with Gasteiger partial charge in [0, 0.05) is 18.4 Å². The molecule has 0 saturated heterocycles. The molecule has 0 atom stereocenters. The van der Waals surface area contributed by atoms with Gasteiger partial charge in [-0.25, -0.2) is 14.4 Å². The van der Waals surface area contributed by atoms with E-state index in [2.05, 4.69) is 20.6 Å². The van der Waals surface area contributed by atoms with Crippen LogP contribution in [-0.4, -0.2) is 15.9 Å². The average Bonchev–Trinajstić information content (AvgIpc) is 2.64. The Labute approximate surface area is 151 Å². The summed E-state index contributed by atoms with van der Waals surface area (Å²) in [6, 6.07) is 13.4. The van der Waals surface area contributed by atoms with Gasteiger partial charge in [0.15, 0.2) is 0 Å². The van der Waals surface area contributed by atoms with Crippen molar-refractivity contribution in [2.45, 2.75) is 20.4 Å². The zero-order valence-corrected chi connectivity index (χ0v) is 14.6. The van der Waals surface area contributed by atoms with Crippen molar-refractivity contribution in [3.63, 3.8) is 0 Å². The third-order valence-corrected chi connectivity index (χ3v) is 4.02. The smallest absolute Gasteiger partial charge is 0.274 e. The molecule has 1 amide bonds. The Hall–Kier alpha value is -3.28. The molecule has 0 aliphatic heterocycles. The molecule has 132 valence electrons. The number of anilines is 2. The third-order valence-electron chi connectivity index (χ3n) is 4.02. The van der Waals surface area contributed by atoms with Crippen LogP contribution in [-0.2, 0) is 6.54 Å². The number of nitrogens with zero attached hydrogens (tertiary/aromatic N) is 2. The normalized spacial score (nSPS) is 10.4. The van der Waals surface area contributed by atoms with Crippen molar-refractivity contribution in [2.75, 3.05) is 10.6 Å². The van der Waals surface area contributed by atoms with Crippen LogP contribution in [0.1, 0.15) is 27.2 Å². The summed E-state index contributed by atoms with van der Waals surface area (Å²) in [6.45, 7) is 4.44. The zero-order chi connectivity index (χ0) is 18.5. The summed E-state index contributed by atoms with van der Waals surface area (Å²) >= 11 is 0. The number of halogens is 1. The summed E-state index contributed by atoms with van der Waals surface area (Å²) in [5.74, 6) is -0.252. The van der Waals surface area contributed by atoms with Crippen LogP contribution in [0, 0.1) is 19.7 Å². The average molecular weight is 350 g/mol. The molecule has 1 heterocycles. The highest BCUT2D eigenvalue weighted by atomic mass is 19.1. The quantitative estimate of drug-likeness (QED) is 0.727. The fourth-order valence-corrected chi connectivity index (χ4v) is 2.37. The lowest BCUT2D eigenvalue weighted by Crippen LogP contribution is -2.15. The van der Waals surface area contributed by atoms with Crippen molar-refractivity contribution < 1.29 is 9.18 Å². The van der Waals surface area contributed by atoms with Crippen LogP contribution in [0.15, 0.2) is 54.7 Å². The largest absolute Gasteiger partial charge is 0.350 e. The van der Waals surface area contributed by atoms with E-state index in [1.165, 1.54) is 18.3 Å². The molecule has 0 spiro atoms. The molecule has 0 radical (unpaired) electrons. The number of carbonyl (C=O) groups is 1. The summed E-state index contributed by atoms with van der Waals surface area (Å²) in [4.78, 5) is 20.7. The molecular formula is C20H19FN4O. The van der Waals surface area contributed by atoms with E-state index in [-0.39, 0.29) is 17.4 Å². The maximum Gasteiger partial charge on any atom is 0.274 e. The predicted octanol–water partition coefficient (Wildman–Crippen LogP) is 4.10. The van der Waals surface area contributed by atoms with Crippen molar-refractivity contribution in [3.05, 3.63) is 82.9 Å². The minimum absolute atomic E-state index is 0.264. The standard InChI is InChI=1S/C20H19FN4O/c1-13-3-8-17(11-14(13)2)24-19(26)18-9-10-22-20(25-18)23-12-15-4-6-16(21)7-5-15/h3-11H,12H2,1-2H3,(H,24,26)(H,22,23,25). The van der Waals surface area contributed by atoms with E-state index in [1.54, 1.807) is 18.2 Å². The van der Waals surface area contributed by atoms with Gasteiger partial charge in [0.25, 0.3) is 5.91 Å². The lowest BCUT2D eigenvalue weighted by atomic mass is 10.1. The Morgan fingerprint density at radius 1 is 1.04 bits per heavy atom. The first-order valence-corrected chi connectivity index (χ1v) is 8.21. The maximum absolute atomic E-state index is 12.9. The number of hydrogen-bond acceptors (Lipinski definition) is 4. The summed E-state index contributed by atoms with van der Waals surface area (Å²) in [7, 11) is 0. The van der Waals surface area contributed by atoms with Crippen molar-refractivity contribution in [3.8, 4) is 0 Å². The van der Waals surface area contributed by atoms with Gasteiger partial charge in [-0.15, -0.1) is 0 Å². The number of aromatic nitrogens is 2. The number of rotatable bonds is 5. The maximum atomic E-state index is 12.9. The Balaban J connectivity index is 1.66. The fourth-order valence-electron chi connectivity index (χ4n) is 2.37. The summed E-state index contributed by atoms with van der Waals surface area (Å²) in [5.41, 5.74) is 4.14. The Morgan fingerprint density at radius 3 is 2.54 bits per heavy atom. The third kappa shape index (κ3) is 4.42. The summed E-state index contributed by atoms with van der Waals surface area (Å²) in [5, 5.41) is 5.87. The number of carbonyl (C=O) groups excluding carboxylic acids is 1. The van der Waals surface area contributed by atoms with E-state index < -0.39 is 0 Å². The van der Waals surface area contributed by atoms with Gasteiger partial charge in [-0.1, -0.05) is 18.2 Å². The van der Waals surface area contributed by atoms with Gasteiger partial charge in [-0.05, 0) is 60.9 Å². The molecular weight excluding hydrogens is 331 g/mol. The minimum Gasteiger partial charge on any atom is -0.350 e. The Morgan fingerprint density at radius 2 is 1.81 bits per heavy atom. The highest BCUT2D eigenvalue weighted by Crippen LogP contribution is 2.15. The first-order chi connectivity index (χ1) is 12.5. The van der Waals surface area contributed by atoms with Gasteiger partial charge >= 0.3 is 0 Å². The van der Waals surface area contributed by atoms with Crippen LogP contribution in [0.2, 0.25) is 0 Å². The van der Waals surface area contributed by atoms with E-state index in [4.69, 9.17) is 0 Å². The second-order valence-corrected chi connectivity index (χ2v) is 6.00. The molecule has 3 rings (SSSR count). The van der Waals surface area contributed by atoms with Crippen molar-refractivity contribution >= 4 is 17.5 Å². The van der Waals surface area contributed by atoms with Crippen molar-refractivity contribution in [1.82, 2.24) is 9.97 Å². The molecule has 5 nitrogen and oxygen atoms in total. The van der Waals surface area contributed by atoms with Crippen LogP contribution in [0.5, 0.6) is 0 Å². The number of nitrogens with one attached hydrogen (secondary N) is 2. The van der Waals surface area contributed by atoms with Crippen LogP contribution in [0.4, 0.5) is 16.0 Å². The van der Waals surface area contributed by atoms with Gasteiger partial charge in [-0.3, -0.25) is 4.79 Å². The Bertz CT molecular complexity index is 925. The molecule has 2 aromatic carbocycles. The van der Waals surface area contributed by atoms with Gasteiger partial charge < -0.3 is 10.6 Å². The zero-order valence-electron chi connectivity index (χ0n) is 14.6. The molecule has 3 aromatic rings. The second-order valence-electron chi connectivity index (χ2n) is 6.00. The topological polar surface area (TPSA) is 66.9 Å². The second kappa shape index (κ2) is 7.74. The molecule has 0 aliphatic rings. The van der Waals surface area contributed by atoms with Crippen LogP contribution in [0.25, 0.3) is 0 Å². The van der Waals surface area contributed by atoms with E-state index in [9.17, 15) is 9.18 Å². The van der Waals surface area contributed by atoms with E-state index >= 15 is 0 Å². The number of hydrogen-bond donors (Lipinski definition) is 2. The van der Waals surface area contributed by atoms with Crippen LogP contribution in [0.3, 0.4) is 0 Å². The van der Waals surface area contributed by atoms with E-state index in [0.29, 0.717) is 12.5 Å². The van der Waals surface area contributed by atoms with Crippen LogP contribution < -0.4 is 10.6 Å². The fraction of sp³-hybridized carbons (Fsp3) is 0.150. The highest BCUT2D eigenvalue weighted by molar-refractivity contribution is 6.03. The predicted molar refractivity (Wildman–Crippen MR) is 99.6 cm³/mol. The van der Waals surface area contributed by atoms with Gasteiger partial charge in [0.2, 0.25) is 5.95 Å². The van der Waals surface area contributed by atoms with Gasteiger partial charge in [-0.2, -0.15) is 0 Å². The van der Waals surface area contributed by atoms with E-state index in [1.807, 2.05) is 32.0 Å². The summed E-state index contributed by atoms with van der Waals surface area (Å²) < 4.78 is 12.9. The van der Waals surface area contributed by atoms with Crippen molar-refractivity contribution in [2.24, 2.45) is 0 Å². The lowest BCUT2D eigenvalue weighted by molar-refractivity contribution is 0.102. The first kappa shape index (κ1) is 17.5. The molecule has 6 heteroatoms. The molecule has 0 saturated carbocycles. The van der Waals surface area contributed by atoms with Gasteiger partial charge in [0.05, 0.1) is 0 Å². The number of amides is 1. The molecule has 0 unspecified atom stereocenters. The molecule has 26 heavy (non-hydrogen) atoms. The minimum atomic E-state index is -0.305. The molecule has 1 aromatic heterocycles. The number of aryl methyl sites for hydroxylation is 2. The molecule has 0 fully saturated rings. The SMILES string of the molecule is Cc1ccc(NC(=O)c2ccnc(NCc3ccc(F)cc3)n2)cc1C. The molecule has 0 bridgehead atoms. The van der Waals surface area contributed by atoms with Gasteiger partial charge in [0.1, 0.15) is 11.5 Å². The monoisotopic (exact) mass is 350 g/mol. The lowest BCUT2D eigenvalue weighted by Gasteiger charge is -2.09. The molecule has 2 N–H and O–H groups in total. The van der Waals surface area contributed by atoms with Crippen LogP contribution >= 0.6 is 0 Å². The summed E-state index contributed by atoms with van der Waals surface area (Å²) in [6.07, 6.45) is 1.52. The van der Waals surface area contributed by atoms with Crippen molar-refractivity contribution in [1.29, 1.82) is 0 Å². The molecule has 0 aliphatic carbocycles. The number of benzene rings is 2. The van der Waals surface area contributed by atoms with E-state index in [0.717, 1.165) is 22.4 Å².